The average molecular weight is 218 g/mol. The van der Waals surface area contributed by atoms with Crippen LogP contribution in [0.25, 0.3) is 0 Å². The van der Waals surface area contributed by atoms with Crippen LogP contribution in [-0.4, -0.2) is 35.2 Å². The van der Waals surface area contributed by atoms with Crippen LogP contribution in [0.1, 0.15) is 27.7 Å². The van der Waals surface area contributed by atoms with Crippen molar-refractivity contribution in [1.29, 1.82) is 0 Å². The van der Waals surface area contributed by atoms with Gasteiger partial charge in [-0.25, -0.2) is 4.79 Å². The summed E-state index contributed by atoms with van der Waals surface area (Å²) in [6.07, 6.45) is 0. The average Bonchev–Trinajstić information content (AvgIpc) is 2.16. The molecule has 0 rings (SSSR count). The predicted octanol–water partition coefficient (Wildman–Crippen LogP) is 1.69. The number of rotatable bonds is 6. The maximum atomic E-state index is 10.7. The maximum Gasteiger partial charge on any atom is 0.334 e. The molecule has 88 valence electrons. The molecular formula is C10H18O5. The van der Waals surface area contributed by atoms with E-state index in [-0.39, 0.29) is 5.57 Å². The molecule has 0 atom stereocenters. The Morgan fingerprint density at radius 1 is 1.20 bits per heavy atom. The van der Waals surface area contributed by atoms with Crippen molar-refractivity contribution in [3.8, 4) is 0 Å². The molecule has 5 nitrogen and oxygen atoms in total. The lowest BCUT2D eigenvalue weighted by atomic mass is 10.1. The van der Waals surface area contributed by atoms with Crippen molar-refractivity contribution in [2.24, 2.45) is 0 Å². The molecule has 0 aliphatic heterocycles. The molecule has 0 aromatic carbocycles. The Bertz CT molecular complexity index is 251. The highest BCUT2D eigenvalue weighted by Gasteiger charge is 2.33. The van der Waals surface area contributed by atoms with Crippen LogP contribution in [0, 0.1) is 0 Å². The third kappa shape index (κ3) is 3.53. The highest BCUT2D eigenvalue weighted by atomic mass is 16.7. The summed E-state index contributed by atoms with van der Waals surface area (Å²) >= 11 is 0. The Morgan fingerprint density at radius 3 is 1.87 bits per heavy atom. The summed E-state index contributed by atoms with van der Waals surface area (Å²) in [7, 11) is 0. The molecule has 0 fully saturated rings. The lowest BCUT2D eigenvalue weighted by molar-refractivity contribution is -0.212. The van der Waals surface area contributed by atoms with Crippen LogP contribution in [0.5, 0.6) is 0 Å². The van der Waals surface area contributed by atoms with Gasteiger partial charge in [0, 0.05) is 13.2 Å². The molecule has 0 heterocycles. The van der Waals surface area contributed by atoms with E-state index in [1.807, 2.05) is 0 Å². The van der Waals surface area contributed by atoms with Crippen molar-refractivity contribution < 1.29 is 24.5 Å². The lowest BCUT2D eigenvalue weighted by Gasteiger charge is -2.28. The summed E-state index contributed by atoms with van der Waals surface area (Å²) < 4.78 is 10.4. The van der Waals surface area contributed by atoms with E-state index in [4.69, 9.17) is 14.6 Å². The summed E-state index contributed by atoms with van der Waals surface area (Å²) in [5.41, 5.74) is -0.181. The number of aliphatic hydroxyl groups is 1. The zero-order chi connectivity index (χ0) is 12.1. The van der Waals surface area contributed by atoms with E-state index in [0.717, 1.165) is 0 Å². The summed E-state index contributed by atoms with van der Waals surface area (Å²) in [5.74, 6) is -2.98. The number of aliphatic hydroxyl groups excluding tert-OH is 1. The van der Waals surface area contributed by atoms with Gasteiger partial charge in [0.25, 0.3) is 0 Å². The smallest absolute Gasteiger partial charge is 0.334 e. The van der Waals surface area contributed by atoms with Gasteiger partial charge < -0.3 is 19.7 Å². The molecule has 15 heavy (non-hydrogen) atoms. The number of hydrogen-bond acceptors (Lipinski definition) is 4. The van der Waals surface area contributed by atoms with Gasteiger partial charge in [-0.1, -0.05) is 0 Å². The normalized spacial score (nSPS) is 13.6. The van der Waals surface area contributed by atoms with E-state index in [2.05, 4.69) is 0 Å². The first kappa shape index (κ1) is 13.9. The number of carbonyl (C=O) groups is 1. The van der Waals surface area contributed by atoms with Crippen LogP contribution < -0.4 is 0 Å². The molecule has 0 aliphatic rings. The fourth-order valence-electron chi connectivity index (χ4n) is 1.17. The summed E-state index contributed by atoms with van der Waals surface area (Å²) in [6.45, 7) is 6.89. The molecule has 5 heteroatoms. The van der Waals surface area contributed by atoms with Gasteiger partial charge in [-0.15, -0.1) is 0 Å². The Hall–Kier alpha value is -1.07. The van der Waals surface area contributed by atoms with Crippen molar-refractivity contribution in [3.63, 3.8) is 0 Å². The SMILES string of the molecule is CCOC(C)(OCC)C(O)=C(C)C(=O)O. The van der Waals surface area contributed by atoms with E-state index in [0.29, 0.717) is 13.2 Å². The van der Waals surface area contributed by atoms with Gasteiger partial charge in [0.2, 0.25) is 5.79 Å². The molecular weight excluding hydrogens is 200 g/mol. The van der Waals surface area contributed by atoms with Crippen molar-refractivity contribution in [1.82, 2.24) is 0 Å². The molecule has 0 saturated heterocycles. The van der Waals surface area contributed by atoms with Gasteiger partial charge in [-0.2, -0.15) is 0 Å². The topological polar surface area (TPSA) is 76.0 Å². The molecule has 0 amide bonds. The molecule has 0 spiro atoms. The highest BCUT2D eigenvalue weighted by Crippen LogP contribution is 2.23. The van der Waals surface area contributed by atoms with Crippen LogP contribution >= 0.6 is 0 Å². The van der Waals surface area contributed by atoms with Crippen LogP contribution in [0.15, 0.2) is 11.3 Å². The van der Waals surface area contributed by atoms with Gasteiger partial charge in [-0.3, -0.25) is 0 Å². The molecule has 0 bridgehead atoms. The maximum absolute atomic E-state index is 10.7. The Balaban J connectivity index is 5.07. The zero-order valence-corrected chi connectivity index (χ0v) is 9.53. The molecule has 2 N–H and O–H groups in total. The van der Waals surface area contributed by atoms with Gasteiger partial charge >= 0.3 is 5.97 Å². The fourth-order valence-corrected chi connectivity index (χ4v) is 1.17. The number of ether oxygens (including phenoxy) is 2. The molecule has 0 saturated carbocycles. The monoisotopic (exact) mass is 218 g/mol. The Morgan fingerprint density at radius 2 is 1.60 bits per heavy atom. The largest absolute Gasteiger partial charge is 0.506 e. The van der Waals surface area contributed by atoms with Crippen molar-refractivity contribution >= 4 is 5.97 Å². The van der Waals surface area contributed by atoms with Crippen molar-refractivity contribution in [3.05, 3.63) is 11.3 Å². The van der Waals surface area contributed by atoms with E-state index in [1.54, 1.807) is 13.8 Å². The molecule has 0 aromatic heterocycles. The van der Waals surface area contributed by atoms with E-state index < -0.39 is 17.5 Å². The second kappa shape index (κ2) is 5.72. The van der Waals surface area contributed by atoms with Crippen molar-refractivity contribution in [2.75, 3.05) is 13.2 Å². The van der Waals surface area contributed by atoms with Gasteiger partial charge in [0.05, 0.1) is 5.57 Å². The standard InChI is InChI=1S/C10H18O5/c1-5-14-10(4,15-6-2)8(11)7(3)9(12)13/h11H,5-6H2,1-4H3,(H,12,13). The first-order chi connectivity index (χ1) is 6.89. The first-order valence-corrected chi connectivity index (χ1v) is 4.80. The van der Waals surface area contributed by atoms with E-state index >= 15 is 0 Å². The van der Waals surface area contributed by atoms with Gasteiger partial charge in [0.15, 0.2) is 5.76 Å². The van der Waals surface area contributed by atoms with Crippen LogP contribution in [0.3, 0.4) is 0 Å². The summed E-state index contributed by atoms with van der Waals surface area (Å²) in [6, 6.07) is 0. The molecule has 0 aliphatic carbocycles. The van der Waals surface area contributed by atoms with Crippen LogP contribution in [0.4, 0.5) is 0 Å². The van der Waals surface area contributed by atoms with E-state index in [9.17, 15) is 9.90 Å². The quantitative estimate of drug-likeness (QED) is 0.403. The lowest BCUT2D eigenvalue weighted by Crippen LogP contribution is -2.36. The predicted molar refractivity (Wildman–Crippen MR) is 54.6 cm³/mol. The second-order valence-corrected chi connectivity index (χ2v) is 3.09. The minimum absolute atomic E-state index is 0.181. The summed E-state index contributed by atoms with van der Waals surface area (Å²) in [5, 5.41) is 18.4. The third-order valence-corrected chi connectivity index (χ3v) is 1.95. The number of aliphatic carboxylic acids is 1. The number of carboxylic acids is 1. The highest BCUT2D eigenvalue weighted by molar-refractivity contribution is 5.86. The molecule has 0 unspecified atom stereocenters. The van der Waals surface area contributed by atoms with Gasteiger partial charge in [0.1, 0.15) is 0 Å². The third-order valence-electron chi connectivity index (χ3n) is 1.95. The second-order valence-electron chi connectivity index (χ2n) is 3.09. The number of hydrogen-bond donors (Lipinski definition) is 2. The van der Waals surface area contributed by atoms with E-state index in [1.165, 1.54) is 13.8 Å². The minimum Gasteiger partial charge on any atom is -0.506 e. The minimum atomic E-state index is -1.38. The van der Waals surface area contributed by atoms with Crippen LogP contribution in [-0.2, 0) is 14.3 Å². The molecule has 0 aromatic rings. The Kier molecular flexibility index (Phi) is 5.32. The van der Waals surface area contributed by atoms with Crippen molar-refractivity contribution in [2.45, 2.75) is 33.5 Å². The van der Waals surface area contributed by atoms with Crippen LogP contribution in [0.2, 0.25) is 0 Å². The Labute approximate surface area is 89.3 Å². The number of carboxylic acid groups (broad SMARTS) is 1. The zero-order valence-electron chi connectivity index (χ0n) is 9.53. The van der Waals surface area contributed by atoms with Gasteiger partial charge in [-0.05, 0) is 27.7 Å². The first-order valence-electron chi connectivity index (χ1n) is 4.80. The summed E-state index contributed by atoms with van der Waals surface area (Å²) in [4.78, 5) is 10.7. The molecule has 0 radical (unpaired) electrons. The fraction of sp³-hybridized carbons (Fsp3) is 0.700.